The maximum Gasteiger partial charge on any atom is 0.324 e. The number of rotatable bonds is 2. The molecular formula is C12H8Cl2N6O. The number of hydrogen-bond donors (Lipinski definition) is 3. The van der Waals surface area contributed by atoms with Gasteiger partial charge in [0.15, 0.2) is 11.5 Å². The number of H-pyrrole nitrogens is 1. The third-order valence-electron chi connectivity index (χ3n) is 2.66. The molecule has 2 aromatic heterocycles. The standard InChI is InChI=1S/C12H8Cl2N6O/c13-6-2-1-3-7(14)8(6)19-12(21)20-11-9-10(16-4-15-9)17-5-18-11/h1-5H,(H3,15,16,17,18,19,20,21). The zero-order chi connectivity index (χ0) is 14.8. The molecule has 106 valence electrons. The van der Waals surface area contributed by atoms with Gasteiger partial charge in [0.1, 0.15) is 11.8 Å². The van der Waals surface area contributed by atoms with Crippen LogP contribution < -0.4 is 10.6 Å². The van der Waals surface area contributed by atoms with Gasteiger partial charge in [0, 0.05) is 0 Å². The summed E-state index contributed by atoms with van der Waals surface area (Å²) >= 11 is 12.0. The number of benzene rings is 1. The SMILES string of the molecule is O=C(Nc1c(Cl)cccc1Cl)Nc1ncnc2nc[nH]c12. The van der Waals surface area contributed by atoms with E-state index >= 15 is 0 Å². The Morgan fingerprint density at radius 2 is 1.86 bits per heavy atom. The van der Waals surface area contributed by atoms with Gasteiger partial charge in [-0.05, 0) is 12.1 Å². The van der Waals surface area contributed by atoms with Crippen LogP contribution in [0.4, 0.5) is 16.3 Å². The van der Waals surface area contributed by atoms with E-state index in [1.165, 1.54) is 12.7 Å². The summed E-state index contributed by atoms with van der Waals surface area (Å²) in [5.41, 5.74) is 1.31. The number of hydrogen-bond acceptors (Lipinski definition) is 4. The van der Waals surface area contributed by atoms with Crippen molar-refractivity contribution < 1.29 is 4.79 Å². The number of carbonyl (C=O) groups excluding carboxylic acids is 1. The van der Waals surface area contributed by atoms with Crippen LogP contribution in [0, 0.1) is 0 Å². The molecule has 0 aliphatic rings. The third-order valence-corrected chi connectivity index (χ3v) is 3.29. The monoisotopic (exact) mass is 322 g/mol. The van der Waals surface area contributed by atoms with E-state index in [-0.39, 0.29) is 0 Å². The van der Waals surface area contributed by atoms with Crippen LogP contribution in [0.1, 0.15) is 0 Å². The van der Waals surface area contributed by atoms with Crippen molar-refractivity contribution in [2.45, 2.75) is 0 Å². The van der Waals surface area contributed by atoms with Crippen molar-refractivity contribution in [3.8, 4) is 0 Å². The minimum atomic E-state index is -0.528. The molecule has 2 heterocycles. The Morgan fingerprint density at radius 3 is 2.62 bits per heavy atom. The summed E-state index contributed by atoms with van der Waals surface area (Å²) in [4.78, 5) is 26.8. The number of aromatic nitrogens is 4. The first-order valence-electron chi connectivity index (χ1n) is 5.81. The molecule has 3 N–H and O–H groups in total. The van der Waals surface area contributed by atoms with Crippen LogP contribution in [0.3, 0.4) is 0 Å². The molecular weight excluding hydrogens is 315 g/mol. The van der Waals surface area contributed by atoms with Gasteiger partial charge in [-0.3, -0.25) is 5.32 Å². The van der Waals surface area contributed by atoms with Crippen molar-refractivity contribution in [3.63, 3.8) is 0 Å². The van der Waals surface area contributed by atoms with Crippen molar-refractivity contribution in [2.24, 2.45) is 0 Å². The van der Waals surface area contributed by atoms with Gasteiger partial charge in [-0.15, -0.1) is 0 Å². The predicted octanol–water partition coefficient (Wildman–Crippen LogP) is 3.30. The van der Waals surface area contributed by atoms with E-state index in [4.69, 9.17) is 23.2 Å². The molecule has 0 saturated carbocycles. The first-order valence-corrected chi connectivity index (χ1v) is 6.57. The molecule has 9 heteroatoms. The number of amides is 2. The highest BCUT2D eigenvalue weighted by atomic mass is 35.5. The molecule has 0 aliphatic heterocycles. The summed E-state index contributed by atoms with van der Waals surface area (Å²) in [5.74, 6) is 0.304. The molecule has 1 aromatic carbocycles. The molecule has 0 unspecified atom stereocenters. The predicted molar refractivity (Wildman–Crippen MR) is 80.8 cm³/mol. The van der Waals surface area contributed by atoms with Crippen LogP contribution in [0.2, 0.25) is 10.0 Å². The molecule has 0 fully saturated rings. The van der Waals surface area contributed by atoms with Gasteiger partial charge in [-0.1, -0.05) is 29.3 Å². The number of nitrogens with one attached hydrogen (secondary N) is 3. The maximum absolute atomic E-state index is 12.0. The minimum Gasteiger partial charge on any atom is -0.340 e. The topological polar surface area (TPSA) is 95.6 Å². The molecule has 0 atom stereocenters. The zero-order valence-corrected chi connectivity index (χ0v) is 11.9. The van der Waals surface area contributed by atoms with E-state index in [0.717, 1.165) is 0 Å². The molecule has 3 rings (SSSR count). The molecule has 21 heavy (non-hydrogen) atoms. The number of imidazole rings is 1. The van der Waals surface area contributed by atoms with E-state index in [2.05, 4.69) is 30.6 Å². The number of nitrogens with zero attached hydrogens (tertiary/aromatic N) is 3. The number of aromatic amines is 1. The Labute approximate surface area is 128 Å². The van der Waals surface area contributed by atoms with E-state index in [0.29, 0.717) is 32.7 Å². The molecule has 3 aromatic rings. The molecule has 0 saturated heterocycles. The Balaban J connectivity index is 1.82. The fourth-order valence-corrected chi connectivity index (χ4v) is 2.22. The summed E-state index contributed by atoms with van der Waals surface area (Å²) in [7, 11) is 0. The highest BCUT2D eigenvalue weighted by Crippen LogP contribution is 2.29. The zero-order valence-electron chi connectivity index (χ0n) is 10.4. The molecule has 0 aliphatic carbocycles. The molecule has 0 bridgehead atoms. The van der Waals surface area contributed by atoms with Crippen molar-refractivity contribution in [1.29, 1.82) is 0 Å². The second-order valence-corrected chi connectivity index (χ2v) is 4.81. The number of anilines is 2. The van der Waals surface area contributed by atoms with E-state index in [1.54, 1.807) is 18.2 Å². The number of fused-ring (bicyclic) bond motifs is 1. The van der Waals surface area contributed by atoms with Crippen LogP contribution in [-0.4, -0.2) is 26.0 Å². The van der Waals surface area contributed by atoms with Gasteiger partial charge in [0.25, 0.3) is 0 Å². The highest BCUT2D eigenvalue weighted by molar-refractivity contribution is 6.39. The normalized spacial score (nSPS) is 10.6. The molecule has 2 amide bonds. The van der Waals surface area contributed by atoms with E-state index in [9.17, 15) is 4.79 Å². The molecule has 7 nitrogen and oxygen atoms in total. The lowest BCUT2D eigenvalue weighted by molar-refractivity contribution is 0.262. The quantitative estimate of drug-likeness (QED) is 0.674. The van der Waals surface area contributed by atoms with Crippen molar-refractivity contribution in [2.75, 3.05) is 10.6 Å². The average molecular weight is 323 g/mol. The summed E-state index contributed by atoms with van der Waals surface area (Å²) in [6.07, 6.45) is 2.77. The first kappa shape index (κ1) is 13.6. The summed E-state index contributed by atoms with van der Waals surface area (Å²) in [6, 6.07) is 4.41. The summed E-state index contributed by atoms with van der Waals surface area (Å²) in [5, 5.41) is 5.84. The Kier molecular flexibility index (Phi) is 3.59. The second kappa shape index (κ2) is 5.55. The lowest BCUT2D eigenvalue weighted by Crippen LogP contribution is -2.20. The summed E-state index contributed by atoms with van der Waals surface area (Å²) < 4.78 is 0. The van der Waals surface area contributed by atoms with Crippen molar-refractivity contribution in [3.05, 3.63) is 40.9 Å². The largest absolute Gasteiger partial charge is 0.340 e. The Hall–Kier alpha value is -2.38. The van der Waals surface area contributed by atoms with Crippen LogP contribution in [-0.2, 0) is 0 Å². The summed E-state index contributed by atoms with van der Waals surface area (Å²) in [6.45, 7) is 0. The Morgan fingerprint density at radius 1 is 1.10 bits per heavy atom. The van der Waals surface area contributed by atoms with Gasteiger partial charge >= 0.3 is 6.03 Å². The second-order valence-electron chi connectivity index (χ2n) is 4.00. The number of halogens is 2. The molecule has 0 radical (unpaired) electrons. The van der Waals surface area contributed by atoms with Crippen molar-refractivity contribution >= 4 is 51.9 Å². The number of carbonyl (C=O) groups is 1. The fraction of sp³-hybridized carbons (Fsp3) is 0. The number of para-hydroxylation sites is 1. The van der Waals surface area contributed by atoms with Crippen LogP contribution in [0.25, 0.3) is 11.2 Å². The average Bonchev–Trinajstić information content (AvgIpc) is 2.93. The Bertz CT molecular complexity index is 798. The van der Waals surface area contributed by atoms with Gasteiger partial charge in [-0.25, -0.2) is 19.7 Å². The van der Waals surface area contributed by atoms with Crippen LogP contribution >= 0.6 is 23.2 Å². The van der Waals surface area contributed by atoms with E-state index < -0.39 is 6.03 Å². The fourth-order valence-electron chi connectivity index (χ4n) is 1.73. The van der Waals surface area contributed by atoms with Gasteiger partial charge in [0.2, 0.25) is 0 Å². The highest BCUT2D eigenvalue weighted by Gasteiger charge is 2.12. The van der Waals surface area contributed by atoms with Gasteiger partial charge in [0.05, 0.1) is 22.1 Å². The molecule has 0 spiro atoms. The van der Waals surface area contributed by atoms with Crippen LogP contribution in [0.5, 0.6) is 0 Å². The van der Waals surface area contributed by atoms with Gasteiger partial charge in [-0.2, -0.15) is 0 Å². The smallest absolute Gasteiger partial charge is 0.324 e. The number of urea groups is 1. The maximum atomic E-state index is 12.0. The minimum absolute atomic E-state index is 0.304. The van der Waals surface area contributed by atoms with Gasteiger partial charge < -0.3 is 10.3 Å². The first-order chi connectivity index (χ1) is 10.1. The lowest BCUT2D eigenvalue weighted by atomic mass is 10.3. The van der Waals surface area contributed by atoms with Crippen LogP contribution in [0.15, 0.2) is 30.9 Å². The third kappa shape index (κ3) is 2.74. The van der Waals surface area contributed by atoms with Crippen molar-refractivity contribution in [1.82, 2.24) is 19.9 Å². The van der Waals surface area contributed by atoms with E-state index in [1.807, 2.05) is 0 Å². The lowest BCUT2D eigenvalue weighted by Gasteiger charge is -2.10.